The Morgan fingerprint density at radius 2 is 2.25 bits per heavy atom. The largest absolute Gasteiger partial charge is 0.481 e. The minimum Gasteiger partial charge on any atom is -0.481 e. The van der Waals surface area contributed by atoms with E-state index in [0.717, 1.165) is 5.69 Å². The molecule has 1 rings (SSSR count). The topological polar surface area (TPSA) is 68.3 Å². The van der Waals surface area contributed by atoms with E-state index in [9.17, 15) is 8.42 Å². The number of pyridine rings is 1. The van der Waals surface area contributed by atoms with E-state index >= 15 is 0 Å². The molecular weight excluding hydrogens is 228 g/mol. The molecule has 0 unspecified atom stereocenters. The Morgan fingerprint density at radius 3 is 2.88 bits per heavy atom. The molecular formula is C10H16N2O3S. The van der Waals surface area contributed by atoms with Crippen molar-refractivity contribution in [1.29, 1.82) is 0 Å². The monoisotopic (exact) mass is 244 g/mol. The van der Waals surface area contributed by atoms with Crippen LogP contribution in [0.2, 0.25) is 0 Å². The maximum atomic E-state index is 10.9. The van der Waals surface area contributed by atoms with Crippen molar-refractivity contribution in [3.63, 3.8) is 0 Å². The van der Waals surface area contributed by atoms with Crippen molar-refractivity contribution in [1.82, 2.24) is 4.98 Å². The van der Waals surface area contributed by atoms with Crippen LogP contribution in [0, 0.1) is 0 Å². The van der Waals surface area contributed by atoms with Crippen molar-refractivity contribution in [3.8, 4) is 5.88 Å². The Kier molecular flexibility index (Phi) is 4.54. The summed E-state index contributed by atoms with van der Waals surface area (Å²) in [5, 5.41) is 3.11. The molecule has 90 valence electrons. The number of ether oxygens (including phenoxy) is 1. The van der Waals surface area contributed by atoms with Crippen molar-refractivity contribution >= 4 is 15.5 Å². The van der Waals surface area contributed by atoms with Crippen molar-refractivity contribution in [2.45, 2.75) is 6.42 Å². The highest BCUT2D eigenvalue weighted by molar-refractivity contribution is 7.90. The quantitative estimate of drug-likeness (QED) is 0.754. The van der Waals surface area contributed by atoms with Crippen LogP contribution in [-0.2, 0) is 9.84 Å². The van der Waals surface area contributed by atoms with Gasteiger partial charge >= 0.3 is 0 Å². The molecule has 6 heteroatoms. The van der Waals surface area contributed by atoms with Crippen LogP contribution >= 0.6 is 0 Å². The Labute approximate surface area is 95.8 Å². The summed E-state index contributed by atoms with van der Waals surface area (Å²) in [5.74, 6) is 0.732. The molecule has 0 aromatic carbocycles. The summed E-state index contributed by atoms with van der Waals surface area (Å²) in [7, 11) is -1.32. The normalized spacial score (nSPS) is 11.1. The van der Waals surface area contributed by atoms with Crippen molar-refractivity contribution in [2.75, 3.05) is 31.0 Å². The van der Waals surface area contributed by atoms with Crippen LogP contribution in [0.15, 0.2) is 18.3 Å². The van der Waals surface area contributed by atoms with Crippen molar-refractivity contribution < 1.29 is 13.2 Å². The number of anilines is 1. The predicted molar refractivity (Wildman–Crippen MR) is 63.6 cm³/mol. The van der Waals surface area contributed by atoms with Crippen molar-refractivity contribution in [3.05, 3.63) is 18.3 Å². The second kappa shape index (κ2) is 5.69. The first-order valence-corrected chi connectivity index (χ1v) is 6.99. The fourth-order valence-corrected chi connectivity index (χ4v) is 1.87. The van der Waals surface area contributed by atoms with E-state index in [1.807, 2.05) is 6.07 Å². The lowest BCUT2D eigenvalue weighted by molar-refractivity contribution is 0.398. The van der Waals surface area contributed by atoms with Crippen LogP contribution in [0.4, 0.5) is 5.69 Å². The van der Waals surface area contributed by atoms with Gasteiger partial charge in [-0.2, -0.15) is 0 Å². The molecule has 1 aromatic heterocycles. The van der Waals surface area contributed by atoms with E-state index in [4.69, 9.17) is 4.74 Å². The lowest BCUT2D eigenvalue weighted by Crippen LogP contribution is -2.09. The summed E-state index contributed by atoms with van der Waals surface area (Å²) < 4.78 is 26.7. The summed E-state index contributed by atoms with van der Waals surface area (Å²) in [4.78, 5) is 3.97. The fraction of sp³-hybridized carbons (Fsp3) is 0.500. The second-order valence-electron chi connectivity index (χ2n) is 3.50. The van der Waals surface area contributed by atoms with Crippen LogP contribution in [0.1, 0.15) is 6.42 Å². The first-order chi connectivity index (χ1) is 7.51. The molecule has 0 saturated carbocycles. The Bertz CT molecular complexity index is 431. The molecule has 0 amide bonds. The van der Waals surface area contributed by atoms with Gasteiger partial charge in [0.2, 0.25) is 5.88 Å². The van der Waals surface area contributed by atoms with E-state index in [0.29, 0.717) is 18.8 Å². The average Bonchev–Trinajstić information content (AvgIpc) is 2.23. The van der Waals surface area contributed by atoms with E-state index in [-0.39, 0.29) is 5.75 Å². The maximum Gasteiger partial charge on any atom is 0.214 e. The van der Waals surface area contributed by atoms with Gasteiger partial charge in [-0.05, 0) is 12.5 Å². The van der Waals surface area contributed by atoms with Gasteiger partial charge in [-0.25, -0.2) is 13.4 Å². The van der Waals surface area contributed by atoms with Crippen LogP contribution in [0.5, 0.6) is 5.88 Å². The predicted octanol–water partition coefficient (Wildman–Crippen LogP) is 0.937. The molecule has 0 aliphatic carbocycles. The number of nitrogens with zero attached hydrogens (tertiary/aromatic N) is 1. The summed E-state index contributed by atoms with van der Waals surface area (Å²) in [6.45, 7) is 0.611. The molecule has 1 N–H and O–H groups in total. The maximum absolute atomic E-state index is 10.9. The van der Waals surface area contributed by atoms with Crippen molar-refractivity contribution in [2.24, 2.45) is 0 Å². The Balaban J connectivity index is 2.37. The van der Waals surface area contributed by atoms with Crippen LogP contribution in [-0.4, -0.2) is 39.1 Å². The third-order valence-corrected chi connectivity index (χ3v) is 3.00. The molecule has 0 bridgehead atoms. The molecule has 0 radical (unpaired) electrons. The van der Waals surface area contributed by atoms with Crippen LogP contribution in [0.3, 0.4) is 0 Å². The van der Waals surface area contributed by atoms with E-state index < -0.39 is 9.84 Å². The van der Waals surface area contributed by atoms with Crippen LogP contribution < -0.4 is 10.1 Å². The van der Waals surface area contributed by atoms with Crippen LogP contribution in [0.25, 0.3) is 0 Å². The van der Waals surface area contributed by atoms with Gasteiger partial charge in [-0.1, -0.05) is 0 Å². The Morgan fingerprint density at radius 1 is 1.50 bits per heavy atom. The van der Waals surface area contributed by atoms with Gasteiger partial charge in [0.25, 0.3) is 0 Å². The molecule has 0 spiro atoms. The van der Waals surface area contributed by atoms with Gasteiger partial charge < -0.3 is 10.1 Å². The number of methoxy groups -OCH3 is 1. The van der Waals surface area contributed by atoms with Gasteiger partial charge in [-0.3, -0.25) is 0 Å². The number of aromatic nitrogens is 1. The minimum absolute atomic E-state index is 0.197. The second-order valence-corrected chi connectivity index (χ2v) is 5.76. The lowest BCUT2D eigenvalue weighted by Gasteiger charge is -2.06. The highest BCUT2D eigenvalue weighted by Crippen LogP contribution is 2.12. The summed E-state index contributed by atoms with van der Waals surface area (Å²) >= 11 is 0. The Hall–Kier alpha value is -1.30. The fourth-order valence-electron chi connectivity index (χ4n) is 1.20. The number of sulfone groups is 1. The molecule has 1 heterocycles. The highest BCUT2D eigenvalue weighted by atomic mass is 32.2. The standard InChI is InChI=1S/C10H16N2O3S/c1-15-10-8-9(4-6-12-10)11-5-3-7-16(2,13)14/h4,6,8H,3,5,7H2,1-2H3,(H,11,12). The summed E-state index contributed by atoms with van der Waals surface area (Å²) in [5.41, 5.74) is 0.875. The van der Waals surface area contributed by atoms with Gasteiger partial charge in [0.15, 0.2) is 0 Å². The first-order valence-electron chi connectivity index (χ1n) is 4.93. The first kappa shape index (κ1) is 12.8. The molecule has 0 saturated heterocycles. The SMILES string of the molecule is COc1cc(NCCCS(C)(=O)=O)ccn1. The number of rotatable bonds is 6. The molecule has 0 fully saturated rings. The zero-order chi connectivity index (χ0) is 12.0. The average molecular weight is 244 g/mol. The molecule has 16 heavy (non-hydrogen) atoms. The van der Waals surface area contributed by atoms with E-state index in [1.54, 1.807) is 19.4 Å². The molecule has 0 atom stereocenters. The zero-order valence-electron chi connectivity index (χ0n) is 9.43. The molecule has 5 nitrogen and oxygen atoms in total. The van der Waals surface area contributed by atoms with Gasteiger partial charge in [0.1, 0.15) is 9.84 Å². The van der Waals surface area contributed by atoms with Gasteiger partial charge in [-0.15, -0.1) is 0 Å². The third kappa shape index (κ3) is 4.97. The van der Waals surface area contributed by atoms with E-state index in [2.05, 4.69) is 10.3 Å². The molecule has 1 aromatic rings. The van der Waals surface area contributed by atoms with E-state index in [1.165, 1.54) is 6.26 Å². The number of hydrogen-bond acceptors (Lipinski definition) is 5. The van der Waals surface area contributed by atoms with Gasteiger partial charge in [0, 0.05) is 30.8 Å². The third-order valence-electron chi connectivity index (χ3n) is 1.97. The lowest BCUT2D eigenvalue weighted by atomic mass is 10.4. The number of nitrogens with one attached hydrogen (secondary N) is 1. The van der Waals surface area contributed by atoms with Gasteiger partial charge in [0.05, 0.1) is 12.9 Å². The minimum atomic E-state index is -2.87. The summed E-state index contributed by atoms with van der Waals surface area (Å²) in [6.07, 6.45) is 3.46. The highest BCUT2D eigenvalue weighted by Gasteiger charge is 2.01. The molecule has 0 aliphatic heterocycles. The molecule has 0 aliphatic rings. The smallest absolute Gasteiger partial charge is 0.214 e. The zero-order valence-corrected chi connectivity index (χ0v) is 10.3. The number of hydrogen-bond donors (Lipinski definition) is 1. The summed E-state index contributed by atoms with van der Waals surface area (Å²) in [6, 6.07) is 3.57.